The van der Waals surface area contributed by atoms with Gasteiger partial charge in [-0.25, -0.2) is 5.43 Å². The van der Waals surface area contributed by atoms with E-state index in [1.165, 1.54) is 6.21 Å². The minimum absolute atomic E-state index is 0.0907. The molecule has 0 saturated carbocycles. The molecule has 2 rings (SSSR count). The molecule has 5 nitrogen and oxygen atoms in total. The van der Waals surface area contributed by atoms with Crippen molar-refractivity contribution in [2.75, 3.05) is 6.61 Å². The van der Waals surface area contributed by atoms with Crippen LogP contribution in [0.15, 0.2) is 35.4 Å². The van der Waals surface area contributed by atoms with Crippen molar-refractivity contribution in [1.82, 2.24) is 5.43 Å². The number of carbonyl (C=O) groups is 1. The standard InChI is InChI=1S/C17H16ClIN2O3/c1-3-24-15-7-11(6-14(19)16(15)22)9-20-21-17(23)12-5-4-10(2)13(18)8-12/h4-9,22H,3H2,1-2H3,(H,21,23)/b20-9-. The molecule has 24 heavy (non-hydrogen) atoms. The highest BCUT2D eigenvalue weighted by molar-refractivity contribution is 14.1. The Labute approximate surface area is 158 Å². The molecule has 7 heteroatoms. The van der Waals surface area contributed by atoms with E-state index in [1.807, 2.05) is 36.4 Å². The Morgan fingerprint density at radius 1 is 1.42 bits per heavy atom. The van der Waals surface area contributed by atoms with Gasteiger partial charge in [-0.1, -0.05) is 17.7 Å². The first-order chi connectivity index (χ1) is 11.4. The molecule has 0 heterocycles. The fourth-order valence-corrected chi connectivity index (χ4v) is 2.70. The summed E-state index contributed by atoms with van der Waals surface area (Å²) in [7, 11) is 0. The lowest BCUT2D eigenvalue weighted by Gasteiger charge is -2.08. The summed E-state index contributed by atoms with van der Waals surface area (Å²) < 4.78 is 6.00. The number of nitrogens with one attached hydrogen (secondary N) is 1. The SMILES string of the molecule is CCOc1cc(/C=N\NC(=O)c2ccc(C)c(Cl)c2)cc(I)c1O. The topological polar surface area (TPSA) is 70.9 Å². The Bertz CT molecular complexity index is 794. The molecule has 0 aliphatic rings. The maximum Gasteiger partial charge on any atom is 0.271 e. The molecule has 2 aromatic rings. The van der Waals surface area contributed by atoms with Gasteiger partial charge in [0.15, 0.2) is 11.5 Å². The Kier molecular flexibility index (Phi) is 6.44. The first-order valence-electron chi connectivity index (χ1n) is 7.17. The number of aryl methyl sites for hydroxylation is 1. The van der Waals surface area contributed by atoms with Crippen LogP contribution in [0, 0.1) is 10.5 Å². The molecule has 126 valence electrons. The van der Waals surface area contributed by atoms with E-state index in [4.69, 9.17) is 16.3 Å². The van der Waals surface area contributed by atoms with Crippen molar-refractivity contribution in [3.05, 3.63) is 55.6 Å². The molecule has 0 unspecified atom stereocenters. The summed E-state index contributed by atoms with van der Waals surface area (Å²) >= 11 is 8.01. The summed E-state index contributed by atoms with van der Waals surface area (Å²) in [6.45, 7) is 4.14. The van der Waals surface area contributed by atoms with Crippen molar-refractivity contribution in [3.8, 4) is 11.5 Å². The zero-order chi connectivity index (χ0) is 17.7. The van der Waals surface area contributed by atoms with Crippen LogP contribution in [0.1, 0.15) is 28.4 Å². The van der Waals surface area contributed by atoms with Crippen LogP contribution in [-0.2, 0) is 0 Å². The number of phenols is 1. The Balaban J connectivity index is 2.11. The third-order valence-electron chi connectivity index (χ3n) is 3.16. The number of phenolic OH excluding ortho intramolecular Hbond substituents is 1. The van der Waals surface area contributed by atoms with Gasteiger partial charge in [-0.05, 0) is 71.8 Å². The average Bonchev–Trinajstić information content (AvgIpc) is 2.54. The van der Waals surface area contributed by atoms with E-state index in [2.05, 4.69) is 10.5 Å². The number of hydrazone groups is 1. The first-order valence-corrected chi connectivity index (χ1v) is 8.63. The Morgan fingerprint density at radius 3 is 2.83 bits per heavy atom. The molecule has 0 bridgehead atoms. The van der Waals surface area contributed by atoms with Gasteiger partial charge in [-0.3, -0.25) is 4.79 Å². The zero-order valence-corrected chi connectivity index (χ0v) is 16.1. The van der Waals surface area contributed by atoms with Gasteiger partial charge in [0.1, 0.15) is 0 Å². The molecule has 0 saturated heterocycles. The number of rotatable bonds is 5. The van der Waals surface area contributed by atoms with Crippen molar-refractivity contribution in [1.29, 1.82) is 0 Å². The normalized spacial score (nSPS) is 10.8. The molecule has 0 aliphatic heterocycles. The van der Waals surface area contributed by atoms with Gasteiger partial charge in [0.25, 0.3) is 5.91 Å². The van der Waals surface area contributed by atoms with E-state index in [9.17, 15) is 9.90 Å². The second kappa shape index (κ2) is 8.34. The molecule has 0 atom stereocenters. The second-order valence-corrected chi connectivity index (χ2v) is 6.51. The lowest BCUT2D eigenvalue weighted by atomic mass is 10.1. The predicted molar refractivity (Wildman–Crippen MR) is 103 cm³/mol. The van der Waals surface area contributed by atoms with Crippen molar-refractivity contribution in [2.45, 2.75) is 13.8 Å². The number of hydrogen-bond donors (Lipinski definition) is 2. The average molecular weight is 459 g/mol. The van der Waals surface area contributed by atoms with E-state index in [-0.39, 0.29) is 11.7 Å². The number of aromatic hydroxyl groups is 1. The number of benzene rings is 2. The van der Waals surface area contributed by atoms with E-state index < -0.39 is 0 Å². The maximum absolute atomic E-state index is 12.0. The van der Waals surface area contributed by atoms with Gasteiger partial charge in [0.05, 0.1) is 16.4 Å². The van der Waals surface area contributed by atoms with Crippen molar-refractivity contribution in [2.24, 2.45) is 5.10 Å². The highest BCUT2D eigenvalue weighted by atomic mass is 127. The van der Waals surface area contributed by atoms with Crippen molar-refractivity contribution < 1.29 is 14.6 Å². The lowest BCUT2D eigenvalue weighted by Crippen LogP contribution is -2.17. The highest BCUT2D eigenvalue weighted by Gasteiger charge is 2.09. The predicted octanol–water partition coefficient (Wildman–Crippen LogP) is 4.12. The fourth-order valence-electron chi connectivity index (χ4n) is 1.90. The number of hydrogen-bond acceptors (Lipinski definition) is 4. The lowest BCUT2D eigenvalue weighted by molar-refractivity contribution is 0.0955. The van der Waals surface area contributed by atoms with E-state index in [0.29, 0.717) is 32.1 Å². The van der Waals surface area contributed by atoms with Crippen molar-refractivity contribution >= 4 is 46.3 Å². The molecule has 2 aromatic carbocycles. The molecule has 0 fully saturated rings. The molecule has 2 N–H and O–H groups in total. The zero-order valence-electron chi connectivity index (χ0n) is 13.1. The Hall–Kier alpha value is -1.80. The number of ether oxygens (including phenoxy) is 1. The molecule has 0 radical (unpaired) electrons. The number of carbonyl (C=O) groups excluding carboxylic acids is 1. The summed E-state index contributed by atoms with van der Waals surface area (Å²) in [6.07, 6.45) is 1.48. The third-order valence-corrected chi connectivity index (χ3v) is 4.39. The van der Waals surface area contributed by atoms with Crippen LogP contribution < -0.4 is 10.2 Å². The number of nitrogens with zero attached hydrogens (tertiary/aromatic N) is 1. The molecule has 1 amide bonds. The summed E-state index contributed by atoms with van der Waals surface area (Å²) in [5.41, 5.74) is 4.47. The summed E-state index contributed by atoms with van der Waals surface area (Å²) in [4.78, 5) is 12.0. The molecule has 0 spiro atoms. The number of halogens is 2. The smallest absolute Gasteiger partial charge is 0.271 e. The molecular formula is C17H16ClIN2O3. The summed E-state index contributed by atoms with van der Waals surface area (Å²) in [5.74, 6) is 0.113. The summed E-state index contributed by atoms with van der Waals surface area (Å²) in [6, 6.07) is 8.44. The minimum atomic E-state index is -0.355. The van der Waals surface area contributed by atoms with Crippen LogP contribution in [-0.4, -0.2) is 23.8 Å². The van der Waals surface area contributed by atoms with Crippen molar-refractivity contribution in [3.63, 3.8) is 0 Å². The van der Waals surface area contributed by atoms with Gasteiger partial charge in [0.2, 0.25) is 0 Å². The van der Waals surface area contributed by atoms with Crippen LogP contribution in [0.3, 0.4) is 0 Å². The van der Waals surface area contributed by atoms with Gasteiger partial charge >= 0.3 is 0 Å². The van der Waals surface area contributed by atoms with Gasteiger partial charge < -0.3 is 9.84 Å². The minimum Gasteiger partial charge on any atom is -0.504 e. The fraction of sp³-hybridized carbons (Fsp3) is 0.176. The molecular weight excluding hydrogens is 443 g/mol. The molecule has 0 aliphatic carbocycles. The van der Waals surface area contributed by atoms with E-state index in [1.54, 1.807) is 30.3 Å². The quantitative estimate of drug-likeness (QED) is 0.402. The molecule has 0 aromatic heterocycles. The van der Waals surface area contributed by atoms with Crippen LogP contribution in [0.5, 0.6) is 11.5 Å². The Morgan fingerprint density at radius 2 is 2.17 bits per heavy atom. The van der Waals surface area contributed by atoms with E-state index in [0.717, 1.165) is 5.56 Å². The first kappa shape index (κ1) is 18.5. The summed E-state index contributed by atoms with van der Waals surface area (Å²) in [5, 5.41) is 14.4. The van der Waals surface area contributed by atoms with Crippen LogP contribution in [0.2, 0.25) is 5.02 Å². The second-order valence-electron chi connectivity index (χ2n) is 4.95. The van der Waals surface area contributed by atoms with Gasteiger partial charge in [0, 0.05) is 10.6 Å². The third kappa shape index (κ3) is 4.61. The van der Waals surface area contributed by atoms with Crippen LogP contribution in [0.4, 0.5) is 0 Å². The maximum atomic E-state index is 12.0. The van der Waals surface area contributed by atoms with Crippen LogP contribution in [0.25, 0.3) is 0 Å². The largest absolute Gasteiger partial charge is 0.504 e. The van der Waals surface area contributed by atoms with Gasteiger partial charge in [-0.15, -0.1) is 0 Å². The number of amides is 1. The van der Waals surface area contributed by atoms with E-state index >= 15 is 0 Å². The highest BCUT2D eigenvalue weighted by Crippen LogP contribution is 2.32. The van der Waals surface area contributed by atoms with Gasteiger partial charge in [-0.2, -0.15) is 5.10 Å². The monoisotopic (exact) mass is 458 g/mol. The van der Waals surface area contributed by atoms with Crippen LogP contribution >= 0.6 is 34.2 Å².